The van der Waals surface area contributed by atoms with Crippen molar-refractivity contribution in [2.45, 2.75) is 13.5 Å². The first-order valence-electron chi connectivity index (χ1n) is 5.91. The highest BCUT2D eigenvalue weighted by Crippen LogP contribution is 2.24. The number of benzene rings is 1. The van der Waals surface area contributed by atoms with Crippen LogP contribution in [0.4, 0.5) is 11.4 Å². The van der Waals surface area contributed by atoms with Crippen LogP contribution in [0.2, 0.25) is 0 Å². The summed E-state index contributed by atoms with van der Waals surface area (Å²) in [5, 5.41) is 6.67. The van der Waals surface area contributed by atoms with Gasteiger partial charge in [-0.25, -0.2) is 4.79 Å². The normalized spacial score (nSPS) is 10.2. The Morgan fingerprint density at radius 2 is 2.32 bits per heavy atom. The number of nitrogens with one attached hydrogen (secondary N) is 1. The summed E-state index contributed by atoms with van der Waals surface area (Å²) < 4.78 is 9.96. The minimum absolute atomic E-state index is 0.315. The van der Waals surface area contributed by atoms with Crippen LogP contribution in [-0.4, -0.2) is 17.7 Å². The van der Waals surface area contributed by atoms with Crippen molar-refractivity contribution in [1.29, 1.82) is 0 Å². The standard InChI is InChI=1S/C13H15N3O3/c1-2-18-13(17)10-4-3-5-11(14)12(10)15-8-9-6-7-16-19-9/h3-7,15H,2,8,14H2,1H3. The molecule has 1 aromatic carbocycles. The fraction of sp³-hybridized carbons (Fsp3) is 0.231. The van der Waals surface area contributed by atoms with Crippen LogP contribution in [0.3, 0.4) is 0 Å². The van der Waals surface area contributed by atoms with Gasteiger partial charge in [-0.2, -0.15) is 0 Å². The predicted octanol–water partition coefficient (Wildman–Crippen LogP) is 2.05. The summed E-state index contributed by atoms with van der Waals surface area (Å²) in [5.74, 6) is 0.243. The average Bonchev–Trinajstić information content (AvgIpc) is 2.90. The number of rotatable bonds is 5. The van der Waals surface area contributed by atoms with Gasteiger partial charge in [-0.05, 0) is 19.1 Å². The van der Waals surface area contributed by atoms with Crippen LogP contribution in [0.25, 0.3) is 0 Å². The molecule has 0 saturated carbocycles. The van der Waals surface area contributed by atoms with E-state index in [0.717, 1.165) is 0 Å². The summed E-state index contributed by atoms with van der Waals surface area (Å²) in [4.78, 5) is 11.8. The average molecular weight is 261 g/mol. The number of carbonyl (C=O) groups is 1. The molecular weight excluding hydrogens is 246 g/mol. The van der Waals surface area contributed by atoms with Crippen LogP contribution >= 0.6 is 0 Å². The number of anilines is 2. The molecule has 2 rings (SSSR count). The molecule has 1 aromatic heterocycles. The predicted molar refractivity (Wildman–Crippen MR) is 70.6 cm³/mol. The smallest absolute Gasteiger partial charge is 0.340 e. The molecule has 19 heavy (non-hydrogen) atoms. The molecular formula is C13H15N3O3. The molecule has 6 nitrogen and oxygen atoms in total. The van der Waals surface area contributed by atoms with E-state index in [9.17, 15) is 4.79 Å². The Morgan fingerprint density at radius 1 is 1.47 bits per heavy atom. The van der Waals surface area contributed by atoms with Gasteiger partial charge in [0.1, 0.15) is 0 Å². The Hall–Kier alpha value is -2.50. The number of hydrogen-bond acceptors (Lipinski definition) is 6. The lowest BCUT2D eigenvalue weighted by Gasteiger charge is -2.12. The number of carbonyl (C=O) groups excluding carboxylic acids is 1. The second kappa shape index (κ2) is 5.90. The zero-order valence-electron chi connectivity index (χ0n) is 10.6. The van der Waals surface area contributed by atoms with E-state index in [2.05, 4.69) is 10.5 Å². The van der Waals surface area contributed by atoms with Crippen LogP contribution in [0.1, 0.15) is 23.0 Å². The summed E-state index contributed by atoms with van der Waals surface area (Å²) in [5.41, 5.74) is 7.30. The number of para-hydroxylation sites is 1. The maximum absolute atomic E-state index is 11.8. The molecule has 0 fully saturated rings. The highest BCUT2D eigenvalue weighted by molar-refractivity contribution is 5.98. The number of aromatic nitrogens is 1. The van der Waals surface area contributed by atoms with Gasteiger partial charge >= 0.3 is 5.97 Å². The van der Waals surface area contributed by atoms with Gasteiger partial charge in [0.25, 0.3) is 0 Å². The van der Waals surface area contributed by atoms with E-state index >= 15 is 0 Å². The van der Waals surface area contributed by atoms with Gasteiger partial charge < -0.3 is 20.3 Å². The van der Waals surface area contributed by atoms with Crippen LogP contribution in [-0.2, 0) is 11.3 Å². The molecule has 0 amide bonds. The molecule has 0 spiro atoms. The second-order valence-electron chi connectivity index (χ2n) is 3.82. The van der Waals surface area contributed by atoms with Crippen molar-refractivity contribution in [3.8, 4) is 0 Å². The SMILES string of the molecule is CCOC(=O)c1cccc(N)c1NCc1ccno1. The van der Waals surface area contributed by atoms with Crippen molar-refractivity contribution in [2.75, 3.05) is 17.7 Å². The van der Waals surface area contributed by atoms with Gasteiger partial charge in [0, 0.05) is 6.07 Å². The highest BCUT2D eigenvalue weighted by Gasteiger charge is 2.14. The molecule has 0 aliphatic carbocycles. The third kappa shape index (κ3) is 3.04. The van der Waals surface area contributed by atoms with E-state index in [1.165, 1.54) is 0 Å². The molecule has 6 heteroatoms. The summed E-state index contributed by atoms with van der Waals surface area (Å²) in [6.07, 6.45) is 1.55. The Kier molecular flexibility index (Phi) is 4.02. The van der Waals surface area contributed by atoms with Crippen LogP contribution < -0.4 is 11.1 Å². The molecule has 0 atom stereocenters. The maximum atomic E-state index is 11.8. The summed E-state index contributed by atoms with van der Waals surface area (Å²) in [6.45, 7) is 2.46. The Morgan fingerprint density at radius 3 is 3.00 bits per heavy atom. The minimum atomic E-state index is -0.408. The first-order chi connectivity index (χ1) is 9.22. The van der Waals surface area contributed by atoms with Crippen molar-refractivity contribution in [3.05, 3.63) is 41.8 Å². The Bertz CT molecular complexity index is 552. The summed E-state index contributed by atoms with van der Waals surface area (Å²) >= 11 is 0. The number of ether oxygens (including phenoxy) is 1. The molecule has 0 bridgehead atoms. The fourth-order valence-electron chi connectivity index (χ4n) is 1.66. The third-order valence-corrected chi connectivity index (χ3v) is 2.52. The Balaban J connectivity index is 2.20. The Labute approximate surface area is 110 Å². The fourth-order valence-corrected chi connectivity index (χ4v) is 1.66. The molecule has 3 N–H and O–H groups in total. The van der Waals surface area contributed by atoms with Gasteiger partial charge in [-0.15, -0.1) is 0 Å². The van der Waals surface area contributed by atoms with Crippen molar-refractivity contribution < 1.29 is 14.1 Å². The molecule has 1 heterocycles. The van der Waals surface area contributed by atoms with Crippen LogP contribution in [0.15, 0.2) is 35.0 Å². The zero-order valence-corrected chi connectivity index (χ0v) is 10.6. The highest BCUT2D eigenvalue weighted by atomic mass is 16.5. The number of esters is 1. The molecule has 2 aromatic rings. The number of nitrogens with two attached hydrogens (primary N) is 1. The third-order valence-electron chi connectivity index (χ3n) is 2.52. The van der Waals surface area contributed by atoms with Gasteiger partial charge in [-0.1, -0.05) is 11.2 Å². The first-order valence-corrected chi connectivity index (χ1v) is 5.91. The second-order valence-corrected chi connectivity index (χ2v) is 3.82. The summed E-state index contributed by atoms with van der Waals surface area (Å²) in [7, 11) is 0. The number of hydrogen-bond donors (Lipinski definition) is 2. The lowest BCUT2D eigenvalue weighted by Crippen LogP contribution is -2.11. The van der Waals surface area contributed by atoms with Gasteiger partial charge in [0.2, 0.25) is 0 Å². The lowest BCUT2D eigenvalue weighted by atomic mass is 10.1. The van der Waals surface area contributed by atoms with Crippen LogP contribution in [0, 0.1) is 0 Å². The van der Waals surface area contributed by atoms with Gasteiger partial charge in [0.15, 0.2) is 5.76 Å². The van der Waals surface area contributed by atoms with Crippen molar-refractivity contribution in [3.63, 3.8) is 0 Å². The number of nitrogen functional groups attached to an aromatic ring is 1. The van der Waals surface area contributed by atoms with E-state index < -0.39 is 5.97 Å². The van der Waals surface area contributed by atoms with E-state index in [1.54, 1.807) is 37.4 Å². The zero-order chi connectivity index (χ0) is 13.7. The summed E-state index contributed by atoms with van der Waals surface area (Å²) in [6, 6.07) is 6.82. The monoisotopic (exact) mass is 261 g/mol. The van der Waals surface area contributed by atoms with Crippen molar-refractivity contribution in [1.82, 2.24) is 5.16 Å². The molecule has 0 unspecified atom stereocenters. The van der Waals surface area contributed by atoms with Gasteiger partial charge in [-0.3, -0.25) is 0 Å². The first kappa shape index (κ1) is 12.9. The lowest BCUT2D eigenvalue weighted by molar-refractivity contribution is 0.0527. The van der Waals surface area contributed by atoms with Crippen molar-refractivity contribution >= 4 is 17.3 Å². The van der Waals surface area contributed by atoms with E-state index in [-0.39, 0.29) is 0 Å². The topological polar surface area (TPSA) is 90.4 Å². The van der Waals surface area contributed by atoms with Gasteiger partial charge in [0.05, 0.1) is 36.3 Å². The minimum Gasteiger partial charge on any atom is -0.462 e. The van der Waals surface area contributed by atoms with E-state index in [1.807, 2.05) is 0 Å². The number of nitrogens with zero attached hydrogens (tertiary/aromatic N) is 1. The quantitative estimate of drug-likeness (QED) is 0.632. The molecule has 0 aliphatic heterocycles. The molecule has 0 aliphatic rings. The molecule has 0 radical (unpaired) electrons. The van der Waals surface area contributed by atoms with Crippen molar-refractivity contribution in [2.24, 2.45) is 0 Å². The van der Waals surface area contributed by atoms with E-state index in [4.69, 9.17) is 15.0 Å². The largest absolute Gasteiger partial charge is 0.462 e. The maximum Gasteiger partial charge on any atom is 0.340 e. The molecule has 100 valence electrons. The molecule has 0 saturated heterocycles. The van der Waals surface area contributed by atoms with E-state index in [0.29, 0.717) is 35.9 Å². The van der Waals surface area contributed by atoms with Crippen LogP contribution in [0.5, 0.6) is 0 Å².